The molecule has 3 rings (SSSR count). The van der Waals surface area contributed by atoms with Crippen molar-refractivity contribution in [2.75, 3.05) is 6.54 Å². The van der Waals surface area contributed by atoms with Gasteiger partial charge in [0.2, 0.25) is 0 Å². The molecule has 0 spiro atoms. The fourth-order valence-electron chi connectivity index (χ4n) is 3.17. The molecular weight excluding hydrogens is 264 g/mol. The van der Waals surface area contributed by atoms with Gasteiger partial charge in [-0.2, -0.15) is 0 Å². The highest BCUT2D eigenvalue weighted by Crippen LogP contribution is 2.35. The number of nitrogens with one attached hydrogen (secondary N) is 1. The van der Waals surface area contributed by atoms with Crippen LogP contribution in [0.1, 0.15) is 41.8 Å². The highest BCUT2D eigenvalue weighted by atomic mass is 32.1. The molecule has 2 aromatic rings. The molecule has 2 heterocycles. The SMILES string of the molecule is CCCNC(Cc1cccs1)C1CCc2cccnc21. The Bertz CT molecular complexity index is 536. The minimum Gasteiger partial charge on any atom is -0.313 e. The molecular formula is C17H22N2S. The van der Waals surface area contributed by atoms with Crippen LogP contribution in [0.4, 0.5) is 0 Å². The van der Waals surface area contributed by atoms with Crippen molar-refractivity contribution >= 4 is 11.3 Å². The number of nitrogens with zero attached hydrogens (tertiary/aromatic N) is 1. The first-order chi connectivity index (χ1) is 9.88. The minimum absolute atomic E-state index is 0.518. The molecule has 0 aliphatic heterocycles. The number of fused-ring (bicyclic) bond motifs is 1. The van der Waals surface area contributed by atoms with Crippen molar-refractivity contribution in [2.24, 2.45) is 0 Å². The van der Waals surface area contributed by atoms with E-state index in [1.165, 1.54) is 35.4 Å². The first-order valence-corrected chi connectivity index (χ1v) is 8.46. The molecule has 2 nitrogen and oxygen atoms in total. The second kappa shape index (κ2) is 6.51. The van der Waals surface area contributed by atoms with Crippen LogP contribution in [0.2, 0.25) is 0 Å². The summed E-state index contributed by atoms with van der Waals surface area (Å²) < 4.78 is 0. The second-order valence-corrected chi connectivity index (χ2v) is 6.57. The van der Waals surface area contributed by atoms with Crippen molar-refractivity contribution in [3.8, 4) is 0 Å². The van der Waals surface area contributed by atoms with E-state index >= 15 is 0 Å². The Balaban J connectivity index is 1.79. The van der Waals surface area contributed by atoms with Crippen LogP contribution in [0, 0.1) is 0 Å². The molecule has 1 aliphatic carbocycles. The van der Waals surface area contributed by atoms with Crippen molar-refractivity contribution in [3.05, 3.63) is 52.0 Å². The maximum absolute atomic E-state index is 4.66. The lowest BCUT2D eigenvalue weighted by Crippen LogP contribution is -2.36. The summed E-state index contributed by atoms with van der Waals surface area (Å²) in [6.07, 6.45) is 6.67. The summed E-state index contributed by atoms with van der Waals surface area (Å²) in [5.74, 6) is 0.569. The average molecular weight is 286 g/mol. The van der Waals surface area contributed by atoms with Crippen LogP contribution in [0.15, 0.2) is 35.8 Å². The Kier molecular flexibility index (Phi) is 4.48. The number of rotatable bonds is 6. The summed E-state index contributed by atoms with van der Waals surface area (Å²) in [6, 6.07) is 9.22. The van der Waals surface area contributed by atoms with Gasteiger partial charge in [0, 0.05) is 28.7 Å². The van der Waals surface area contributed by atoms with Gasteiger partial charge < -0.3 is 5.32 Å². The van der Waals surface area contributed by atoms with Gasteiger partial charge in [0.25, 0.3) is 0 Å². The highest BCUT2D eigenvalue weighted by Gasteiger charge is 2.30. The molecule has 0 saturated carbocycles. The van der Waals surface area contributed by atoms with Gasteiger partial charge in [0.1, 0.15) is 0 Å². The average Bonchev–Trinajstić information content (AvgIpc) is 3.12. The van der Waals surface area contributed by atoms with Gasteiger partial charge in [-0.15, -0.1) is 11.3 Å². The number of hydrogen-bond donors (Lipinski definition) is 1. The van der Waals surface area contributed by atoms with E-state index in [1.54, 1.807) is 0 Å². The molecule has 1 aliphatic rings. The molecule has 0 bridgehead atoms. The van der Waals surface area contributed by atoms with Gasteiger partial charge in [-0.25, -0.2) is 0 Å². The van der Waals surface area contributed by atoms with E-state index in [9.17, 15) is 0 Å². The minimum atomic E-state index is 0.518. The zero-order valence-corrected chi connectivity index (χ0v) is 12.8. The van der Waals surface area contributed by atoms with Crippen molar-refractivity contribution < 1.29 is 0 Å². The summed E-state index contributed by atoms with van der Waals surface area (Å²) in [4.78, 5) is 6.14. The largest absolute Gasteiger partial charge is 0.313 e. The standard InChI is InChI=1S/C17H22N2S/c1-2-9-18-16(12-14-6-4-11-20-14)15-8-7-13-5-3-10-19-17(13)15/h3-6,10-11,15-16,18H,2,7-9,12H2,1H3. The van der Waals surface area contributed by atoms with Gasteiger partial charge in [0.05, 0.1) is 0 Å². The summed E-state index contributed by atoms with van der Waals surface area (Å²) in [7, 11) is 0. The fourth-order valence-corrected chi connectivity index (χ4v) is 3.93. The number of thiophene rings is 1. The fraction of sp³-hybridized carbons (Fsp3) is 0.471. The summed E-state index contributed by atoms with van der Waals surface area (Å²) in [5, 5.41) is 5.93. The number of hydrogen-bond acceptors (Lipinski definition) is 3. The third-order valence-corrected chi connectivity index (χ3v) is 5.04. The molecule has 0 amide bonds. The van der Waals surface area contributed by atoms with Crippen LogP contribution in [0.25, 0.3) is 0 Å². The molecule has 2 atom stereocenters. The quantitative estimate of drug-likeness (QED) is 0.874. The summed E-state index contributed by atoms with van der Waals surface area (Å²) in [5.41, 5.74) is 2.78. The monoisotopic (exact) mass is 286 g/mol. The Morgan fingerprint density at radius 1 is 1.40 bits per heavy atom. The van der Waals surface area contributed by atoms with Crippen molar-refractivity contribution in [1.29, 1.82) is 0 Å². The van der Waals surface area contributed by atoms with E-state index in [-0.39, 0.29) is 0 Å². The van der Waals surface area contributed by atoms with Crippen LogP contribution in [-0.4, -0.2) is 17.6 Å². The predicted octanol–water partition coefficient (Wildman–Crippen LogP) is 3.78. The zero-order chi connectivity index (χ0) is 13.8. The normalized spacial score (nSPS) is 18.9. The van der Waals surface area contributed by atoms with Crippen molar-refractivity contribution in [3.63, 3.8) is 0 Å². The van der Waals surface area contributed by atoms with Gasteiger partial charge in [-0.3, -0.25) is 4.98 Å². The highest BCUT2D eigenvalue weighted by molar-refractivity contribution is 7.09. The number of pyridine rings is 1. The van der Waals surface area contributed by atoms with Crippen LogP contribution in [-0.2, 0) is 12.8 Å². The van der Waals surface area contributed by atoms with E-state index in [0.717, 1.165) is 13.0 Å². The molecule has 0 aromatic carbocycles. The maximum Gasteiger partial charge on any atom is 0.0482 e. The van der Waals surface area contributed by atoms with Crippen LogP contribution < -0.4 is 5.32 Å². The van der Waals surface area contributed by atoms with E-state index < -0.39 is 0 Å². The van der Waals surface area contributed by atoms with E-state index in [4.69, 9.17) is 0 Å². The smallest absolute Gasteiger partial charge is 0.0482 e. The molecule has 2 aromatic heterocycles. The number of aromatic nitrogens is 1. The summed E-state index contributed by atoms with van der Waals surface area (Å²) >= 11 is 1.86. The topological polar surface area (TPSA) is 24.9 Å². The van der Waals surface area contributed by atoms with Crippen LogP contribution in [0.3, 0.4) is 0 Å². The van der Waals surface area contributed by atoms with Crippen LogP contribution >= 0.6 is 11.3 Å². The Hall–Kier alpha value is -1.19. The van der Waals surface area contributed by atoms with Gasteiger partial charge >= 0.3 is 0 Å². The third-order valence-electron chi connectivity index (χ3n) is 4.15. The lowest BCUT2D eigenvalue weighted by atomic mass is 9.93. The Labute approximate surface area is 125 Å². The molecule has 20 heavy (non-hydrogen) atoms. The van der Waals surface area contributed by atoms with Crippen molar-refractivity contribution in [1.82, 2.24) is 10.3 Å². The third kappa shape index (κ3) is 2.94. The predicted molar refractivity (Wildman–Crippen MR) is 85.4 cm³/mol. The molecule has 0 saturated heterocycles. The van der Waals surface area contributed by atoms with E-state index in [0.29, 0.717) is 12.0 Å². The van der Waals surface area contributed by atoms with Crippen LogP contribution in [0.5, 0.6) is 0 Å². The van der Waals surface area contributed by atoms with Gasteiger partial charge in [0.15, 0.2) is 0 Å². The lowest BCUT2D eigenvalue weighted by Gasteiger charge is -2.24. The second-order valence-electron chi connectivity index (χ2n) is 5.54. The van der Waals surface area contributed by atoms with Crippen molar-refractivity contribution in [2.45, 2.75) is 44.6 Å². The van der Waals surface area contributed by atoms with E-state index in [1.807, 2.05) is 17.5 Å². The molecule has 0 fully saturated rings. The summed E-state index contributed by atoms with van der Waals surface area (Å²) in [6.45, 7) is 3.32. The number of aryl methyl sites for hydroxylation is 1. The van der Waals surface area contributed by atoms with Gasteiger partial charge in [-0.05, 0) is 55.3 Å². The Morgan fingerprint density at radius 3 is 3.15 bits per heavy atom. The maximum atomic E-state index is 4.66. The molecule has 2 unspecified atom stereocenters. The molecule has 0 radical (unpaired) electrons. The zero-order valence-electron chi connectivity index (χ0n) is 12.0. The Morgan fingerprint density at radius 2 is 2.35 bits per heavy atom. The molecule has 1 N–H and O–H groups in total. The molecule has 3 heteroatoms. The molecule has 106 valence electrons. The lowest BCUT2D eigenvalue weighted by molar-refractivity contribution is 0.423. The van der Waals surface area contributed by atoms with Gasteiger partial charge in [-0.1, -0.05) is 19.1 Å². The first kappa shape index (κ1) is 13.8. The first-order valence-electron chi connectivity index (χ1n) is 7.58. The van der Waals surface area contributed by atoms with E-state index in [2.05, 4.69) is 46.9 Å².